The number of hydrogen-bond acceptors (Lipinski definition) is 6. The van der Waals surface area contributed by atoms with E-state index in [1.165, 1.54) is 11.8 Å². The lowest BCUT2D eigenvalue weighted by molar-refractivity contribution is 0.126. The van der Waals surface area contributed by atoms with Crippen molar-refractivity contribution in [3.05, 3.63) is 77.1 Å². The Bertz CT molecular complexity index is 1270. The van der Waals surface area contributed by atoms with E-state index < -0.39 is 6.10 Å². The van der Waals surface area contributed by atoms with Crippen LogP contribution in [0.15, 0.2) is 76.7 Å². The lowest BCUT2D eigenvalue weighted by Gasteiger charge is -2.15. The molecular formula is C26H28N2O4S. The third-order valence-corrected chi connectivity index (χ3v) is 6.39. The molecule has 0 fully saturated rings. The Labute approximate surface area is 197 Å². The van der Waals surface area contributed by atoms with Gasteiger partial charge in [-0.3, -0.25) is 9.36 Å². The summed E-state index contributed by atoms with van der Waals surface area (Å²) in [6.07, 6.45) is 0.0105. The van der Waals surface area contributed by atoms with E-state index in [0.29, 0.717) is 41.6 Å². The second-order valence-electron chi connectivity index (χ2n) is 7.70. The highest BCUT2D eigenvalue weighted by molar-refractivity contribution is 7.99. The van der Waals surface area contributed by atoms with E-state index in [9.17, 15) is 9.90 Å². The first-order chi connectivity index (χ1) is 16.2. The van der Waals surface area contributed by atoms with Crippen LogP contribution in [-0.4, -0.2) is 46.3 Å². The number of thioether (sulfide) groups is 1. The lowest BCUT2D eigenvalue weighted by Crippen LogP contribution is -2.25. The maximum atomic E-state index is 13.1. The fourth-order valence-electron chi connectivity index (χ4n) is 3.59. The zero-order valence-corrected chi connectivity index (χ0v) is 19.5. The van der Waals surface area contributed by atoms with Gasteiger partial charge in [-0.25, -0.2) is 4.98 Å². The van der Waals surface area contributed by atoms with Gasteiger partial charge in [0.1, 0.15) is 12.4 Å². The molecular weight excluding hydrogens is 436 g/mol. The zero-order chi connectivity index (χ0) is 23.0. The van der Waals surface area contributed by atoms with Gasteiger partial charge in [0.15, 0.2) is 5.16 Å². The van der Waals surface area contributed by atoms with Gasteiger partial charge in [-0.15, -0.1) is 0 Å². The Kier molecular flexibility index (Phi) is 7.99. The third kappa shape index (κ3) is 5.93. The van der Waals surface area contributed by atoms with Gasteiger partial charge in [0.05, 0.1) is 17.0 Å². The number of aliphatic hydroxyl groups is 1. The standard InChI is InChI=1S/C26H28N2O4S/c1-2-31-15-7-14-28-25(30)23-10-5-6-11-24(23)27-26(28)33-18-21(29)17-32-22-13-12-19-8-3-4-9-20(19)16-22/h3-6,8-13,16,21,29H,2,7,14-15,17-18H2,1H3. The van der Waals surface area contributed by atoms with Crippen LogP contribution < -0.4 is 10.3 Å². The van der Waals surface area contributed by atoms with Crippen molar-refractivity contribution in [1.29, 1.82) is 0 Å². The first kappa shape index (κ1) is 23.3. The summed E-state index contributed by atoms with van der Waals surface area (Å²) >= 11 is 1.37. The molecule has 4 aromatic rings. The Hall–Kier alpha value is -2.87. The van der Waals surface area contributed by atoms with Crippen molar-refractivity contribution in [1.82, 2.24) is 9.55 Å². The van der Waals surface area contributed by atoms with Crippen LogP contribution in [0.4, 0.5) is 0 Å². The van der Waals surface area contributed by atoms with Crippen LogP contribution in [0.5, 0.6) is 5.75 Å². The second-order valence-corrected chi connectivity index (χ2v) is 8.69. The number of hydrogen-bond donors (Lipinski definition) is 1. The zero-order valence-electron chi connectivity index (χ0n) is 18.6. The number of rotatable bonds is 11. The van der Waals surface area contributed by atoms with Gasteiger partial charge in [0.25, 0.3) is 5.56 Å². The molecule has 1 heterocycles. The van der Waals surface area contributed by atoms with Gasteiger partial charge in [-0.2, -0.15) is 0 Å². The normalized spacial score (nSPS) is 12.3. The van der Waals surface area contributed by atoms with Crippen LogP contribution in [-0.2, 0) is 11.3 Å². The van der Waals surface area contributed by atoms with E-state index in [1.807, 2.05) is 61.5 Å². The van der Waals surface area contributed by atoms with Crippen LogP contribution in [0.1, 0.15) is 13.3 Å². The molecule has 0 spiro atoms. The van der Waals surface area contributed by atoms with Crippen molar-refractivity contribution >= 4 is 33.4 Å². The fourth-order valence-corrected chi connectivity index (χ4v) is 4.52. The molecule has 0 aliphatic rings. The number of nitrogens with zero attached hydrogens (tertiary/aromatic N) is 2. The predicted molar refractivity (Wildman–Crippen MR) is 133 cm³/mol. The molecule has 1 N–H and O–H groups in total. The van der Waals surface area contributed by atoms with Crippen LogP contribution in [0, 0.1) is 0 Å². The summed E-state index contributed by atoms with van der Waals surface area (Å²) in [5, 5.41) is 14.0. The average Bonchev–Trinajstić information content (AvgIpc) is 2.85. The largest absolute Gasteiger partial charge is 0.491 e. The van der Waals surface area contributed by atoms with Crippen LogP contribution >= 0.6 is 11.8 Å². The summed E-state index contributed by atoms with van der Waals surface area (Å²) in [5.74, 6) is 1.08. The molecule has 172 valence electrons. The highest BCUT2D eigenvalue weighted by Gasteiger charge is 2.14. The highest BCUT2D eigenvalue weighted by atomic mass is 32.2. The molecule has 7 heteroatoms. The Balaban J connectivity index is 1.42. The number of ether oxygens (including phenoxy) is 2. The molecule has 33 heavy (non-hydrogen) atoms. The molecule has 6 nitrogen and oxygen atoms in total. The Morgan fingerprint density at radius 3 is 2.70 bits per heavy atom. The number of aliphatic hydroxyl groups excluding tert-OH is 1. The predicted octanol–water partition coefficient (Wildman–Crippen LogP) is 4.51. The first-order valence-electron chi connectivity index (χ1n) is 11.2. The Morgan fingerprint density at radius 1 is 1.06 bits per heavy atom. The molecule has 0 aliphatic carbocycles. The number of benzene rings is 3. The van der Waals surface area contributed by atoms with Crippen molar-refractivity contribution in [2.45, 2.75) is 31.1 Å². The molecule has 1 aromatic heterocycles. The minimum atomic E-state index is -0.707. The molecule has 3 aromatic carbocycles. The third-order valence-electron chi connectivity index (χ3n) is 5.27. The first-order valence-corrected chi connectivity index (χ1v) is 12.1. The number of aromatic nitrogens is 2. The summed E-state index contributed by atoms with van der Waals surface area (Å²) < 4.78 is 12.9. The topological polar surface area (TPSA) is 73.6 Å². The van der Waals surface area contributed by atoms with E-state index in [2.05, 4.69) is 6.07 Å². The second kappa shape index (κ2) is 11.3. The summed E-state index contributed by atoms with van der Waals surface area (Å²) in [7, 11) is 0. The molecule has 4 rings (SSSR count). The molecule has 0 radical (unpaired) electrons. The number of fused-ring (bicyclic) bond motifs is 2. The smallest absolute Gasteiger partial charge is 0.262 e. The quantitative estimate of drug-likeness (QED) is 0.200. The molecule has 1 unspecified atom stereocenters. The lowest BCUT2D eigenvalue weighted by atomic mass is 10.1. The van der Waals surface area contributed by atoms with Crippen molar-refractivity contribution in [2.75, 3.05) is 25.6 Å². The summed E-state index contributed by atoms with van der Waals surface area (Å²) in [6.45, 7) is 3.86. The molecule has 0 aliphatic heterocycles. The van der Waals surface area contributed by atoms with Crippen molar-refractivity contribution in [3.63, 3.8) is 0 Å². The molecule has 1 atom stereocenters. The van der Waals surface area contributed by atoms with Gasteiger partial charge >= 0.3 is 0 Å². The van der Waals surface area contributed by atoms with Gasteiger partial charge in [0, 0.05) is 25.5 Å². The monoisotopic (exact) mass is 464 g/mol. The van der Waals surface area contributed by atoms with Gasteiger partial charge in [-0.05, 0) is 48.4 Å². The van der Waals surface area contributed by atoms with Gasteiger partial charge in [-0.1, -0.05) is 54.2 Å². The van der Waals surface area contributed by atoms with E-state index in [1.54, 1.807) is 10.6 Å². The minimum Gasteiger partial charge on any atom is -0.491 e. The van der Waals surface area contributed by atoms with Crippen molar-refractivity contribution in [3.8, 4) is 5.75 Å². The van der Waals surface area contributed by atoms with Crippen LogP contribution in [0.3, 0.4) is 0 Å². The molecule has 0 saturated heterocycles. The van der Waals surface area contributed by atoms with E-state index in [-0.39, 0.29) is 12.2 Å². The van der Waals surface area contributed by atoms with Crippen LogP contribution in [0.2, 0.25) is 0 Å². The summed E-state index contributed by atoms with van der Waals surface area (Å²) in [5.41, 5.74) is 0.592. The molecule has 0 bridgehead atoms. The van der Waals surface area contributed by atoms with Gasteiger partial charge < -0.3 is 14.6 Å². The molecule has 0 amide bonds. The van der Waals surface area contributed by atoms with E-state index in [0.717, 1.165) is 22.9 Å². The highest BCUT2D eigenvalue weighted by Crippen LogP contribution is 2.22. The van der Waals surface area contributed by atoms with Gasteiger partial charge in [0.2, 0.25) is 0 Å². The maximum Gasteiger partial charge on any atom is 0.262 e. The summed E-state index contributed by atoms with van der Waals surface area (Å²) in [4.78, 5) is 17.7. The SMILES string of the molecule is CCOCCCn1c(SCC(O)COc2ccc3ccccc3c2)nc2ccccc2c1=O. The maximum absolute atomic E-state index is 13.1. The molecule has 0 saturated carbocycles. The van der Waals surface area contributed by atoms with E-state index in [4.69, 9.17) is 14.5 Å². The average molecular weight is 465 g/mol. The van der Waals surface area contributed by atoms with Crippen molar-refractivity contribution < 1.29 is 14.6 Å². The van der Waals surface area contributed by atoms with E-state index >= 15 is 0 Å². The van der Waals surface area contributed by atoms with Crippen molar-refractivity contribution in [2.24, 2.45) is 0 Å². The minimum absolute atomic E-state index is 0.0681. The Morgan fingerprint density at radius 2 is 1.85 bits per heavy atom. The number of para-hydroxylation sites is 1. The van der Waals surface area contributed by atoms with Crippen LogP contribution in [0.25, 0.3) is 21.7 Å². The summed E-state index contributed by atoms with van der Waals surface area (Å²) in [6, 6.07) is 21.3. The fraction of sp³-hybridized carbons (Fsp3) is 0.308.